The average Bonchev–Trinajstić information content (AvgIpc) is 3.15. The lowest BCUT2D eigenvalue weighted by atomic mass is 10.1. The number of hydrogen-bond acceptors (Lipinski definition) is 7. The fraction of sp³-hybridized carbons (Fsp3) is 0.688. The Bertz CT molecular complexity index is 1140. The Balaban J connectivity index is 4.41. The van der Waals surface area contributed by atoms with E-state index in [0.29, 0.717) is 6.42 Å². The highest BCUT2D eigenvalue weighted by Crippen LogP contribution is 2.12. The van der Waals surface area contributed by atoms with Gasteiger partial charge in [0, 0.05) is 19.3 Å². The largest absolute Gasteiger partial charge is 0.544 e. The quantitative estimate of drug-likeness (QED) is 0.0266. The van der Waals surface area contributed by atoms with Crippen LogP contribution in [0.4, 0.5) is 0 Å². The normalized spacial score (nSPS) is 13.7. The van der Waals surface area contributed by atoms with E-state index in [9.17, 15) is 19.5 Å². The highest BCUT2D eigenvalue weighted by Gasteiger charge is 2.25. The van der Waals surface area contributed by atoms with Crippen molar-refractivity contribution >= 4 is 17.9 Å². The minimum Gasteiger partial charge on any atom is -0.544 e. The van der Waals surface area contributed by atoms with Gasteiger partial charge in [-0.3, -0.25) is 9.59 Å². The lowest BCUT2D eigenvalue weighted by Crippen LogP contribution is -2.55. The van der Waals surface area contributed by atoms with E-state index in [1.54, 1.807) is 21.1 Å². The molecule has 0 heterocycles. The fourth-order valence-electron chi connectivity index (χ4n) is 5.91. The number of esters is 2. The minimum absolute atomic E-state index is 0.0240. The van der Waals surface area contributed by atoms with Gasteiger partial charge in [-0.25, -0.2) is 0 Å². The van der Waals surface area contributed by atoms with Gasteiger partial charge in [-0.15, -0.1) is 0 Å². The van der Waals surface area contributed by atoms with E-state index in [0.717, 1.165) is 96.3 Å². The van der Waals surface area contributed by atoms with Crippen LogP contribution in [0.1, 0.15) is 162 Å². The number of carboxylic acids is 1. The molecule has 0 saturated heterocycles. The predicted octanol–water partition coefficient (Wildman–Crippen LogP) is 10.6. The Kier molecular flexibility index (Phi) is 36.4. The Morgan fingerprint density at radius 1 is 0.554 bits per heavy atom. The average molecular weight is 784 g/mol. The second-order valence-electron chi connectivity index (χ2n) is 15.5. The minimum atomic E-state index is -1.13. The summed E-state index contributed by atoms with van der Waals surface area (Å²) in [5, 5.41) is 11.6. The number of nitrogens with zero attached hydrogens (tertiary/aromatic N) is 1. The molecule has 56 heavy (non-hydrogen) atoms. The Labute approximate surface area is 342 Å². The molecule has 2 atom stereocenters. The Morgan fingerprint density at radius 2 is 1.00 bits per heavy atom. The third kappa shape index (κ3) is 36.4. The lowest BCUT2D eigenvalue weighted by molar-refractivity contribution is -0.889. The number of hydrogen-bond donors (Lipinski definition) is 0. The second kappa shape index (κ2) is 38.6. The van der Waals surface area contributed by atoms with Crippen LogP contribution in [-0.4, -0.2) is 75.5 Å². The van der Waals surface area contributed by atoms with Crippen LogP contribution in [0.3, 0.4) is 0 Å². The van der Waals surface area contributed by atoms with Crippen molar-refractivity contribution in [1.82, 2.24) is 0 Å². The number of quaternary nitrogens is 1. The highest BCUT2D eigenvalue weighted by molar-refractivity contribution is 5.70. The number of carbonyl (C=O) groups is 3. The summed E-state index contributed by atoms with van der Waals surface area (Å²) in [6.45, 7) is 4.47. The van der Waals surface area contributed by atoms with Gasteiger partial charge in [0.25, 0.3) is 0 Å². The summed E-state index contributed by atoms with van der Waals surface area (Å²) >= 11 is 0. The third-order valence-corrected chi connectivity index (χ3v) is 9.33. The molecule has 0 aromatic rings. The van der Waals surface area contributed by atoms with E-state index in [1.807, 2.05) is 0 Å². The Hall–Kier alpha value is -3.23. The number of rotatable bonds is 38. The van der Waals surface area contributed by atoms with Gasteiger partial charge in [0.2, 0.25) is 0 Å². The summed E-state index contributed by atoms with van der Waals surface area (Å²) in [5.74, 6) is -1.79. The van der Waals surface area contributed by atoms with Crippen molar-refractivity contribution in [3.05, 3.63) is 72.9 Å². The van der Waals surface area contributed by atoms with E-state index in [1.165, 1.54) is 32.1 Å². The molecule has 0 spiro atoms. The number of carbonyl (C=O) groups excluding carboxylic acids is 3. The van der Waals surface area contributed by atoms with E-state index in [2.05, 4.69) is 86.8 Å². The summed E-state index contributed by atoms with van der Waals surface area (Å²) < 4.78 is 17.1. The molecule has 0 fully saturated rings. The van der Waals surface area contributed by atoms with Crippen LogP contribution in [0.25, 0.3) is 0 Å². The molecule has 0 bridgehead atoms. The van der Waals surface area contributed by atoms with Crippen LogP contribution >= 0.6 is 0 Å². The van der Waals surface area contributed by atoms with Gasteiger partial charge >= 0.3 is 11.9 Å². The van der Waals surface area contributed by atoms with Crippen LogP contribution in [-0.2, 0) is 28.6 Å². The van der Waals surface area contributed by atoms with E-state index in [-0.39, 0.29) is 49.1 Å². The molecule has 0 N–H and O–H groups in total. The number of allylic oxidation sites excluding steroid dienone is 12. The first-order valence-electron chi connectivity index (χ1n) is 22.0. The van der Waals surface area contributed by atoms with E-state index in [4.69, 9.17) is 14.2 Å². The number of likely N-dealkylation sites (N-methyl/N-ethyl adjacent to an activating group) is 1. The smallest absolute Gasteiger partial charge is 0.306 e. The van der Waals surface area contributed by atoms with Gasteiger partial charge in [-0.05, 0) is 83.5 Å². The van der Waals surface area contributed by atoms with Gasteiger partial charge in [0.05, 0.1) is 40.3 Å². The molecular weight excluding hydrogens is 703 g/mol. The maximum absolute atomic E-state index is 12.7. The third-order valence-electron chi connectivity index (χ3n) is 9.33. The zero-order valence-corrected chi connectivity index (χ0v) is 36.3. The molecule has 2 unspecified atom stereocenters. The van der Waals surface area contributed by atoms with Crippen molar-refractivity contribution in [3.63, 3.8) is 0 Å². The van der Waals surface area contributed by atoms with Crippen molar-refractivity contribution in [1.29, 1.82) is 0 Å². The maximum atomic E-state index is 12.7. The number of aliphatic carboxylic acids is 1. The molecule has 0 radical (unpaired) electrons. The number of ether oxygens (including phenoxy) is 3. The SMILES string of the molecule is CC/C=C/C/C=C/C/C=C/C/C=C/C/C=C/CCCCCCC(=O)OC(COCCC(C(=O)[O-])[N+](C)(C)C)COC(=O)CCCCCCC/C=C/CCCCC. The zero-order chi connectivity index (χ0) is 41.4. The molecule has 8 nitrogen and oxygen atoms in total. The highest BCUT2D eigenvalue weighted by atomic mass is 16.6. The second-order valence-corrected chi connectivity index (χ2v) is 15.5. The van der Waals surface area contributed by atoms with Gasteiger partial charge in [-0.1, -0.05) is 132 Å². The first kappa shape index (κ1) is 52.8. The molecule has 8 heteroatoms. The monoisotopic (exact) mass is 784 g/mol. The summed E-state index contributed by atoms with van der Waals surface area (Å²) in [4.78, 5) is 36.8. The molecule has 0 saturated carbocycles. The number of carboxylic acid groups (broad SMARTS) is 1. The standard InChI is InChI=1S/C48H81NO7/c1-6-8-10-12-14-16-18-20-21-22-23-24-25-26-27-29-31-33-35-37-39-47(51)56-44(42-54-41-40-45(48(52)53)49(3,4)5)43-55-46(50)38-36-34-32-30-28-19-17-15-13-11-9-7-2/h8,10,14-17,20-21,23-24,26-27,44-45H,6-7,9,11-13,18-19,22,25,28-43H2,1-5H3/b10-8+,16-14+,17-15+,21-20+,24-23+,27-26+. The lowest BCUT2D eigenvalue weighted by Gasteiger charge is -2.34. The van der Waals surface area contributed by atoms with Crippen molar-refractivity contribution in [2.45, 2.75) is 174 Å². The Morgan fingerprint density at radius 3 is 1.50 bits per heavy atom. The molecule has 320 valence electrons. The molecule has 0 aliphatic rings. The topological polar surface area (TPSA) is 102 Å². The summed E-state index contributed by atoms with van der Waals surface area (Å²) in [6, 6.07) is -0.734. The zero-order valence-electron chi connectivity index (χ0n) is 36.3. The van der Waals surface area contributed by atoms with Gasteiger partial charge in [0.1, 0.15) is 12.6 Å². The van der Waals surface area contributed by atoms with Crippen LogP contribution in [0, 0.1) is 0 Å². The van der Waals surface area contributed by atoms with Crippen molar-refractivity contribution in [2.75, 3.05) is 41.0 Å². The first-order chi connectivity index (χ1) is 27.1. The van der Waals surface area contributed by atoms with E-state index < -0.39 is 18.1 Å². The van der Waals surface area contributed by atoms with Crippen LogP contribution in [0.5, 0.6) is 0 Å². The van der Waals surface area contributed by atoms with Crippen molar-refractivity contribution < 1.29 is 38.2 Å². The van der Waals surface area contributed by atoms with Gasteiger partial charge in [0.15, 0.2) is 6.10 Å². The van der Waals surface area contributed by atoms with Crippen molar-refractivity contribution in [3.8, 4) is 0 Å². The summed E-state index contributed by atoms with van der Waals surface area (Å²) in [6.07, 6.45) is 47.8. The van der Waals surface area contributed by atoms with Crippen LogP contribution < -0.4 is 5.11 Å². The van der Waals surface area contributed by atoms with E-state index >= 15 is 0 Å². The molecule has 0 aliphatic heterocycles. The first-order valence-corrected chi connectivity index (χ1v) is 22.0. The molecule has 0 aromatic carbocycles. The maximum Gasteiger partial charge on any atom is 0.306 e. The van der Waals surface area contributed by atoms with Gasteiger partial charge in [-0.2, -0.15) is 0 Å². The molecule has 0 aliphatic carbocycles. The molecule has 0 aromatic heterocycles. The predicted molar refractivity (Wildman–Crippen MR) is 231 cm³/mol. The van der Waals surface area contributed by atoms with Gasteiger partial charge < -0.3 is 28.6 Å². The molecular formula is C48H81NO7. The molecule has 0 rings (SSSR count). The van der Waals surface area contributed by atoms with Crippen molar-refractivity contribution in [2.24, 2.45) is 0 Å². The summed E-state index contributed by atoms with van der Waals surface area (Å²) in [5.41, 5.74) is 0. The molecule has 0 amide bonds. The van der Waals surface area contributed by atoms with Crippen LogP contribution in [0.15, 0.2) is 72.9 Å². The number of unbranched alkanes of at least 4 members (excludes halogenated alkanes) is 12. The van der Waals surface area contributed by atoms with Crippen LogP contribution in [0.2, 0.25) is 0 Å². The fourth-order valence-corrected chi connectivity index (χ4v) is 5.91. The summed E-state index contributed by atoms with van der Waals surface area (Å²) in [7, 11) is 5.38.